The third-order valence-corrected chi connectivity index (χ3v) is 5.86. The van der Waals surface area contributed by atoms with Gasteiger partial charge >= 0.3 is 0 Å². The van der Waals surface area contributed by atoms with E-state index in [1.54, 1.807) is 22.7 Å². The minimum absolute atomic E-state index is 0.484. The summed E-state index contributed by atoms with van der Waals surface area (Å²) in [6, 6.07) is 11.8. The van der Waals surface area contributed by atoms with E-state index in [1.165, 1.54) is 4.88 Å². The molecule has 0 spiro atoms. The van der Waals surface area contributed by atoms with Crippen LogP contribution in [-0.4, -0.2) is 9.97 Å². The first-order valence-corrected chi connectivity index (χ1v) is 9.45. The summed E-state index contributed by atoms with van der Waals surface area (Å²) in [5, 5.41) is 6.15. The molecule has 114 valence electrons. The summed E-state index contributed by atoms with van der Waals surface area (Å²) >= 11 is 16.0. The fourth-order valence-corrected chi connectivity index (χ4v) is 4.71. The molecule has 1 aromatic carbocycles. The summed E-state index contributed by atoms with van der Waals surface area (Å²) in [7, 11) is 0. The number of nitrogens with zero attached hydrogens (tertiary/aromatic N) is 2. The predicted molar refractivity (Wildman–Crippen MR) is 100.0 cm³/mol. The van der Waals surface area contributed by atoms with Crippen LogP contribution in [0, 0.1) is 0 Å². The zero-order valence-electron chi connectivity index (χ0n) is 11.8. The van der Waals surface area contributed by atoms with Gasteiger partial charge in [-0.2, -0.15) is 0 Å². The van der Waals surface area contributed by atoms with Crippen LogP contribution < -0.4 is 0 Å². The summed E-state index contributed by atoms with van der Waals surface area (Å²) in [4.78, 5) is 11.3. The van der Waals surface area contributed by atoms with Crippen LogP contribution in [0.3, 0.4) is 0 Å². The number of hydrogen-bond donors (Lipinski definition) is 0. The number of aromatic nitrogens is 2. The molecule has 6 heteroatoms. The molecular weight excluding hydrogens is 367 g/mol. The van der Waals surface area contributed by atoms with Crippen molar-refractivity contribution in [2.24, 2.45) is 0 Å². The predicted octanol–water partition coefficient (Wildman–Crippen LogP) is 6.32. The Bertz CT molecular complexity index is 978. The van der Waals surface area contributed by atoms with Crippen molar-refractivity contribution in [1.29, 1.82) is 0 Å². The average molecular weight is 377 g/mol. The topological polar surface area (TPSA) is 25.8 Å². The maximum atomic E-state index is 6.47. The van der Waals surface area contributed by atoms with Crippen LogP contribution in [0.15, 0.2) is 47.2 Å². The van der Waals surface area contributed by atoms with Gasteiger partial charge < -0.3 is 0 Å². The van der Waals surface area contributed by atoms with E-state index in [0.717, 1.165) is 27.2 Å². The molecule has 4 aromatic rings. The SMILES string of the molecule is Clc1ccccc1-c1csc2nc(Cc3cccs3)nc(Cl)c12. The van der Waals surface area contributed by atoms with Crippen LogP contribution in [0.25, 0.3) is 21.3 Å². The molecule has 0 bridgehead atoms. The zero-order valence-corrected chi connectivity index (χ0v) is 14.9. The van der Waals surface area contributed by atoms with Gasteiger partial charge in [-0.15, -0.1) is 22.7 Å². The number of thiophene rings is 2. The molecule has 0 N–H and O–H groups in total. The third-order valence-electron chi connectivity index (χ3n) is 3.51. The van der Waals surface area contributed by atoms with Crippen LogP contribution in [0.2, 0.25) is 10.2 Å². The van der Waals surface area contributed by atoms with Gasteiger partial charge in [-0.05, 0) is 17.5 Å². The van der Waals surface area contributed by atoms with Crippen LogP contribution >= 0.6 is 45.9 Å². The summed E-state index contributed by atoms with van der Waals surface area (Å²) in [6.45, 7) is 0. The lowest BCUT2D eigenvalue weighted by Crippen LogP contribution is -1.95. The first-order valence-electron chi connectivity index (χ1n) is 6.93. The first kappa shape index (κ1) is 15.1. The summed E-state index contributed by atoms with van der Waals surface area (Å²) in [6.07, 6.45) is 0.701. The highest BCUT2D eigenvalue weighted by Crippen LogP contribution is 2.39. The molecular formula is C17H10Cl2N2S2. The molecule has 0 aliphatic heterocycles. The van der Waals surface area contributed by atoms with Gasteiger partial charge in [-0.1, -0.05) is 47.5 Å². The van der Waals surface area contributed by atoms with E-state index in [1.807, 2.05) is 35.7 Å². The lowest BCUT2D eigenvalue weighted by molar-refractivity contribution is 1.01. The molecule has 0 saturated heterocycles. The molecule has 3 aromatic heterocycles. The van der Waals surface area contributed by atoms with Crippen molar-refractivity contribution in [3.8, 4) is 11.1 Å². The highest BCUT2D eigenvalue weighted by molar-refractivity contribution is 7.17. The molecule has 0 atom stereocenters. The Hall–Kier alpha value is -1.46. The van der Waals surface area contributed by atoms with E-state index in [9.17, 15) is 0 Å². The molecule has 2 nitrogen and oxygen atoms in total. The number of hydrogen-bond acceptors (Lipinski definition) is 4. The number of rotatable bonds is 3. The molecule has 0 aliphatic carbocycles. The Labute approximate surface area is 151 Å². The molecule has 23 heavy (non-hydrogen) atoms. The quantitative estimate of drug-likeness (QED) is 0.391. The maximum absolute atomic E-state index is 6.47. The number of fused-ring (bicyclic) bond motifs is 1. The Balaban J connectivity index is 1.83. The van der Waals surface area contributed by atoms with Crippen molar-refractivity contribution in [2.75, 3.05) is 0 Å². The zero-order chi connectivity index (χ0) is 15.8. The Morgan fingerprint density at radius 3 is 2.57 bits per heavy atom. The normalized spacial score (nSPS) is 11.2. The van der Waals surface area contributed by atoms with E-state index in [-0.39, 0.29) is 0 Å². The Kier molecular flexibility index (Phi) is 4.07. The van der Waals surface area contributed by atoms with Crippen molar-refractivity contribution in [3.63, 3.8) is 0 Å². The number of halogens is 2. The molecule has 0 amide bonds. The second-order valence-corrected chi connectivity index (χ2v) is 7.65. The minimum atomic E-state index is 0.484. The van der Waals surface area contributed by atoms with Crippen LogP contribution in [0.5, 0.6) is 0 Å². The van der Waals surface area contributed by atoms with Crippen molar-refractivity contribution < 1.29 is 0 Å². The Morgan fingerprint density at radius 1 is 0.913 bits per heavy atom. The monoisotopic (exact) mass is 376 g/mol. The minimum Gasteiger partial charge on any atom is -0.222 e. The smallest absolute Gasteiger partial charge is 0.142 e. The van der Waals surface area contributed by atoms with Gasteiger partial charge in [0.2, 0.25) is 0 Å². The van der Waals surface area contributed by atoms with Crippen LogP contribution in [-0.2, 0) is 6.42 Å². The van der Waals surface area contributed by atoms with E-state index in [0.29, 0.717) is 16.6 Å². The third kappa shape index (κ3) is 2.88. The van der Waals surface area contributed by atoms with Gasteiger partial charge in [0.25, 0.3) is 0 Å². The van der Waals surface area contributed by atoms with Gasteiger partial charge in [0.15, 0.2) is 0 Å². The second kappa shape index (κ2) is 6.21. The van der Waals surface area contributed by atoms with E-state index >= 15 is 0 Å². The fraction of sp³-hybridized carbons (Fsp3) is 0.0588. The molecule has 0 saturated carbocycles. The van der Waals surface area contributed by atoms with Gasteiger partial charge in [-0.25, -0.2) is 9.97 Å². The summed E-state index contributed by atoms with van der Waals surface area (Å²) < 4.78 is 0. The van der Waals surface area contributed by atoms with Gasteiger partial charge in [0.1, 0.15) is 15.8 Å². The van der Waals surface area contributed by atoms with Crippen LogP contribution in [0.4, 0.5) is 0 Å². The number of benzene rings is 1. The van der Waals surface area contributed by atoms with Gasteiger partial charge in [0.05, 0.1) is 5.39 Å². The standard InChI is InChI=1S/C17H10Cl2N2S2/c18-13-6-2-1-5-11(13)12-9-23-17-15(12)16(19)20-14(21-17)8-10-4-3-7-22-10/h1-7,9H,8H2. The molecule has 0 aliphatic rings. The van der Waals surface area contributed by atoms with E-state index in [2.05, 4.69) is 21.4 Å². The molecule has 0 unspecified atom stereocenters. The summed E-state index contributed by atoms with van der Waals surface area (Å²) in [5.74, 6) is 0.748. The molecule has 0 radical (unpaired) electrons. The fourth-order valence-electron chi connectivity index (χ4n) is 2.47. The van der Waals surface area contributed by atoms with Gasteiger partial charge in [-0.3, -0.25) is 0 Å². The van der Waals surface area contributed by atoms with Crippen LogP contribution in [0.1, 0.15) is 10.7 Å². The van der Waals surface area contributed by atoms with Crippen molar-refractivity contribution in [3.05, 3.63) is 68.0 Å². The van der Waals surface area contributed by atoms with E-state index < -0.39 is 0 Å². The average Bonchev–Trinajstić information content (AvgIpc) is 3.17. The maximum Gasteiger partial charge on any atom is 0.142 e. The van der Waals surface area contributed by atoms with Crippen molar-refractivity contribution >= 4 is 56.1 Å². The molecule has 3 heterocycles. The van der Waals surface area contributed by atoms with Crippen molar-refractivity contribution in [2.45, 2.75) is 6.42 Å². The lowest BCUT2D eigenvalue weighted by Gasteiger charge is -2.05. The lowest BCUT2D eigenvalue weighted by atomic mass is 10.1. The second-order valence-electron chi connectivity index (χ2n) is 5.00. The Morgan fingerprint density at radius 2 is 1.78 bits per heavy atom. The molecule has 0 fully saturated rings. The van der Waals surface area contributed by atoms with Crippen molar-refractivity contribution in [1.82, 2.24) is 9.97 Å². The first-order chi connectivity index (χ1) is 11.2. The molecule has 4 rings (SSSR count). The highest BCUT2D eigenvalue weighted by Gasteiger charge is 2.16. The highest BCUT2D eigenvalue weighted by atomic mass is 35.5. The largest absolute Gasteiger partial charge is 0.222 e. The van der Waals surface area contributed by atoms with E-state index in [4.69, 9.17) is 23.2 Å². The summed E-state index contributed by atoms with van der Waals surface area (Å²) in [5.41, 5.74) is 1.94. The van der Waals surface area contributed by atoms with Gasteiger partial charge in [0, 0.05) is 32.8 Å².